The number of H-pyrrole nitrogens is 1. The molecule has 2 N–H and O–H groups in total. The summed E-state index contributed by atoms with van der Waals surface area (Å²) in [6.45, 7) is 0.623. The number of rotatable bonds is 7. The van der Waals surface area contributed by atoms with Gasteiger partial charge in [-0.3, -0.25) is 9.59 Å². The van der Waals surface area contributed by atoms with Crippen molar-refractivity contribution in [1.82, 2.24) is 10.3 Å². The fourth-order valence-corrected chi connectivity index (χ4v) is 1.64. The lowest BCUT2D eigenvalue weighted by molar-refractivity contribution is 0.0947. The van der Waals surface area contributed by atoms with E-state index in [1.807, 2.05) is 0 Å². The van der Waals surface area contributed by atoms with Crippen LogP contribution in [0.1, 0.15) is 36.2 Å². The minimum Gasteiger partial charge on any atom is -0.351 e. The Bertz CT molecular complexity index is 403. The standard InChI is InChI=1S/C12H17ClN2O2/c13-8-3-1-2-4-9-14-12(17)10-6-5-7-11(16)15-10/h5-7H,1-4,8-9H2,(H,14,17)(H,15,16). The summed E-state index contributed by atoms with van der Waals surface area (Å²) in [6, 6.07) is 4.53. The average Bonchev–Trinajstić information content (AvgIpc) is 2.33. The molecule has 0 bridgehead atoms. The molecule has 0 fully saturated rings. The van der Waals surface area contributed by atoms with E-state index < -0.39 is 0 Å². The van der Waals surface area contributed by atoms with E-state index in [-0.39, 0.29) is 11.5 Å². The van der Waals surface area contributed by atoms with Crippen LogP contribution in [0.5, 0.6) is 0 Å². The normalized spacial score (nSPS) is 10.2. The first-order chi connectivity index (χ1) is 8.24. The second-order valence-electron chi connectivity index (χ2n) is 3.79. The summed E-state index contributed by atoms with van der Waals surface area (Å²) < 4.78 is 0. The number of amides is 1. The fraction of sp³-hybridized carbons (Fsp3) is 0.500. The summed E-state index contributed by atoms with van der Waals surface area (Å²) in [5.74, 6) is 0.456. The molecule has 1 rings (SSSR count). The lowest BCUT2D eigenvalue weighted by Crippen LogP contribution is -2.27. The van der Waals surface area contributed by atoms with E-state index in [4.69, 9.17) is 11.6 Å². The molecule has 94 valence electrons. The summed E-state index contributed by atoms with van der Waals surface area (Å²) >= 11 is 5.56. The second-order valence-corrected chi connectivity index (χ2v) is 4.17. The van der Waals surface area contributed by atoms with Gasteiger partial charge in [-0.05, 0) is 18.9 Å². The molecule has 0 atom stereocenters. The summed E-state index contributed by atoms with van der Waals surface area (Å²) in [5.41, 5.74) is 0.0398. The maximum absolute atomic E-state index is 11.6. The van der Waals surface area contributed by atoms with Crippen molar-refractivity contribution >= 4 is 17.5 Å². The fourth-order valence-electron chi connectivity index (χ4n) is 1.45. The molecule has 4 nitrogen and oxygen atoms in total. The van der Waals surface area contributed by atoms with E-state index in [0.29, 0.717) is 18.1 Å². The molecule has 17 heavy (non-hydrogen) atoms. The predicted molar refractivity (Wildman–Crippen MR) is 68.6 cm³/mol. The van der Waals surface area contributed by atoms with Crippen LogP contribution in [0.2, 0.25) is 0 Å². The Labute approximate surface area is 105 Å². The van der Waals surface area contributed by atoms with E-state index in [2.05, 4.69) is 10.3 Å². The number of carbonyl (C=O) groups is 1. The Morgan fingerprint density at radius 1 is 1.24 bits per heavy atom. The molecule has 0 aliphatic rings. The Morgan fingerprint density at radius 3 is 2.71 bits per heavy atom. The molecule has 0 radical (unpaired) electrons. The zero-order valence-corrected chi connectivity index (χ0v) is 10.4. The summed E-state index contributed by atoms with van der Waals surface area (Å²) in [5, 5.41) is 2.76. The molecule has 0 aliphatic heterocycles. The van der Waals surface area contributed by atoms with Crippen molar-refractivity contribution in [2.75, 3.05) is 12.4 Å². The Hall–Kier alpha value is -1.29. The van der Waals surface area contributed by atoms with Gasteiger partial charge in [0.2, 0.25) is 5.56 Å². The van der Waals surface area contributed by atoms with Gasteiger partial charge in [0, 0.05) is 18.5 Å². The minimum absolute atomic E-state index is 0.236. The van der Waals surface area contributed by atoms with Crippen LogP contribution in [0, 0.1) is 0 Å². The maximum Gasteiger partial charge on any atom is 0.267 e. The first kappa shape index (κ1) is 13.8. The number of aromatic amines is 1. The molecular formula is C12H17ClN2O2. The highest BCUT2D eigenvalue weighted by Crippen LogP contribution is 2.00. The van der Waals surface area contributed by atoms with Gasteiger partial charge in [-0.15, -0.1) is 11.6 Å². The van der Waals surface area contributed by atoms with Crippen molar-refractivity contribution in [3.05, 3.63) is 34.2 Å². The maximum atomic E-state index is 11.6. The number of unbranched alkanes of at least 4 members (excludes halogenated alkanes) is 3. The quantitative estimate of drug-likeness (QED) is 0.578. The van der Waals surface area contributed by atoms with E-state index in [1.165, 1.54) is 6.07 Å². The van der Waals surface area contributed by atoms with Crippen molar-refractivity contribution in [3.63, 3.8) is 0 Å². The average molecular weight is 257 g/mol. The van der Waals surface area contributed by atoms with Gasteiger partial charge in [-0.1, -0.05) is 18.9 Å². The van der Waals surface area contributed by atoms with Crippen molar-refractivity contribution in [1.29, 1.82) is 0 Å². The Balaban J connectivity index is 2.24. The number of aromatic nitrogens is 1. The van der Waals surface area contributed by atoms with Crippen molar-refractivity contribution in [3.8, 4) is 0 Å². The zero-order chi connectivity index (χ0) is 12.5. The van der Waals surface area contributed by atoms with E-state index in [0.717, 1.165) is 25.7 Å². The number of carbonyl (C=O) groups excluding carboxylic acids is 1. The van der Waals surface area contributed by atoms with Gasteiger partial charge in [0.25, 0.3) is 5.91 Å². The Morgan fingerprint density at radius 2 is 2.00 bits per heavy atom. The summed E-state index contributed by atoms with van der Waals surface area (Å²) in [7, 11) is 0. The first-order valence-electron chi connectivity index (χ1n) is 5.77. The number of hydrogen-bond acceptors (Lipinski definition) is 2. The molecule has 1 aromatic heterocycles. The van der Waals surface area contributed by atoms with Crippen molar-refractivity contribution in [2.45, 2.75) is 25.7 Å². The highest BCUT2D eigenvalue weighted by atomic mass is 35.5. The number of alkyl halides is 1. The predicted octanol–water partition coefficient (Wildman–Crippen LogP) is 1.90. The molecule has 1 heterocycles. The van der Waals surface area contributed by atoms with Gasteiger partial charge in [0.15, 0.2) is 0 Å². The molecule has 0 saturated carbocycles. The van der Waals surface area contributed by atoms with Gasteiger partial charge >= 0.3 is 0 Å². The van der Waals surface area contributed by atoms with Gasteiger partial charge in [0.1, 0.15) is 5.69 Å². The molecule has 0 aromatic carbocycles. The highest BCUT2D eigenvalue weighted by molar-refractivity contribution is 6.17. The first-order valence-corrected chi connectivity index (χ1v) is 6.31. The number of hydrogen-bond donors (Lipinski definition) is 2. The van der Waals surface area contributed by atoms with Gasteiger partial charge in [0.05, 0.1) is 0 Å². The van der Waals surface area contributed by atoms with E-state index in [9.17, 15) is 9.59 Å². The van der Waals surface area contributed by atoms with Crippen molar-refractivity contribution in [2.24, 2.45) is 0 Å². The molecule has 5 heteroatoms. The van der Waals surface area contributed by atoms with Crippen LogP contribution in [0.25, 0.3) is 0 Å². The van der Waals surface area contributed by atoms with Crippen LogP contribution >= 0.6 is 11.6 Å². The molecule has 0 aliphatic carbocycles. The highest BCUT2D eigenvalue weighted by Gasteiger charge is 2.04. The number of halogens is 1. The van der Waals surface area contributed by atoms with Gasteiger partial charge < -0.3 is 10.3 Å². The van der Waals surface area contributed by atoms with Crippen LogP contribution < -0.4 is 10.9 Å². The zero-order valence-electron chi connectivity index (χ0n) is 9.67. The Kier molecular flexibility index (Phi) is 6.40. The van der Waals surface area contributed by atoms with Gasteiger partial charge in [-0.2, -0.15) is 0 Å². The largest absolute Gasteiger partial charge is 0.351 e. The van der Waals surface area contributed by atoms with Crippen LogP contribution in [0.4, 0.5) is 0 Å². The lowest BCUT2D eigenvalue weighted by atomic mass is 10.2. The number of nitrogens with one attached hydrogen (secondary N) is 2. The number of pyridine rings is 1. The van der Waals surface area contributed by atoms with Crippen LogP contribution in [0.3, 0.4) is 0 Å². The molecule has 1 aromatic rings. The lowest BCUT2D eigenvalue weighted by Gasteiger charge is -2.04. The summed E-state index contributed by atoms with van der Waals surface area (Å²) in [6.07, 6.45) is 4.08. The van der Waals surface area contributed by atoms with Crippen LogP contribution in [-0.2, 0) is 0 Å². The van der Waals surface area contributed by atoms with Crippen LogP contribution in [0.15, 0.2) is 23.0 Å². The molecule has 0 saturated heterocycles. The van der Waals surface area contributed by atoms with Crippen molar-refractivity contribution < 1.29 is 4.79 Å². The molecule has 0 spiro atoms. The summed E-state index contributed by atoms with van der Waals surface area (Å²) in [4.78, 5) is 25.1. The second kappa shape index (κ2) is 7.90. The van der Waals surface area contributed by atoms with E-state index >= 15 is 0 Å². The molecule has 0 unspecified atom stereocenters. The molecular weight excluding hydrogens is 240 g/mol. The monoisotopic (exact) mass is 256 g/mol. The smallest absolute Gasteiger partial charge is 0.267 e. The minimum atomic E-state index is -0.264. The van der Waals surface area contributed by atoms with Crippen LogP contribution in [-0.4, -0.2) is 23.3 Å². The third-order valence-electron chi connectivity index (χ3n) is 2.36. The van der Waals surface area contributed by atoms with Gasteiger partial charge in [-0.25, -0.2) is 0 Å². The SMILES string of the molecule is O=C(NCCCCCCCl)c1cccc(=O)[nH]1. The third kappa shape index (κ3) is 5.54. The third-order valence-corrected chi connectivity index (χ3v) is 2.63. The van der Waals surface area contributed by atoms with E-state index in [1.54, 1.807) is 12.1 Å². The molecule has 1 amide bonds. The topological polar surface area (TPSA) is 62.0 Å².